The van der Waals surface area contributed by atoms with E-state index >= 15 is 0 Å². The molecule has 0 fully saturated rings. The zero-order chi connectivity index (χ0) is 9.42. The second kappa shape index (κ2) is 2.69. The van der Waals surface area contributed by atoms with Gasteiger partial charge in [-0.2, -0.15) is 0 Å². The monoisotopic (exact) mass is 175 g/mol. The number of carbonyl (C=O) groups is 2. The lowest BCUT2D eigenvalue weighted by Crippen LogP contribution is -2.39. The molecule has 1 N–H and O–H groups in total. The van der Waals surface area contributed by atoms with Gasteiger partial charge in [0.2, 0.25) is 5.91 Å². The molecular weight excluding hydrogens is 166 g/mol. The van der Waals surface area contributed by atoms with E-state index in [-0.39, 0.29) is 17.7 Å². The first-order valence-electron chi connectivity index (χ1n) is 4.14. The first-order valence-corrected chi connectivity index (χ1v) is 4.14. The summed E-state index contributed by atoms with van der Waals surface area (Å²) >= 11 is 0. The highest BCUT2D eigenvalue weighted by molar-refractivity contribution is 6.11. The Morgan fingerprint density at radius 3 is 2.69 bits per heavy atom. The van der Waals surface area contributed by atoms with Gasteiger partial charge in [0.25, 0.3) is 5.91 Å². The second-order valence-corrected chi connectivity index (χ2v) is 3.13. The SMILES string of the molecule is CC1C(=O)NC(=O)c2ccccc21. The number of benzene rings is 1. The molecular formula is C10H9NO2. The maximum absolute atomic E-state index is 11.3. The fraction of sp³-hybridized carbons (Fsp3) is 0.200. The number of nitrogens with one attached hydrogen (secondary N) is 1. The Bertz CT molecular complexity index is 384. The molecule has 66 valence electrons. The van der Waals surface area contributed by atoms with E-state index in [0.717, 1.165) is 5.56 Å². The third-order valence-electron chi connectivity index (χ3n) is 2.30. The standard InChI is InChI=1S/C10H9NO2/c1-6-7-4-2-3-5-8(7)10(13)11-9(6)12/h2-6H,1H3,(H,11,12,13). The number of hydrogen-bond acceptors (Lipinski definition) is 2. The van der Waals surface area contributed by atoms with Crippen LogP contribution in [0.3, 0.4) is 0 Å². The Balaban J connectivity index is 2.60. The molecule has 0 bridgehead atoms. The van der Waals surface area contributed by atoms with Crippen LogP contribution in [0.2, 0.25) is 0 Å². The van der Waals surface area contributed by atoms with Crippen LogP contribution in [0.5, 0.6) is 0 Å². The molecule has 0 radical (unpaired) electrons. The predicted octanol–water partition coefficient (Wildman–Crippen LogP) is 1.06. The van der Waals surface area contributed by atoms with Crippen molar-refractivity contribution in [3.8, 4) is 0 Å². The molecule has 1 aliphatic rings. The minimum atomic E-state index is -0.293. The van der Waals surface area contributed by atoms with Crippen LogP contribution in [-0.4, -0.2) is 11.8 Å². The van der Waals surface area contributed by atoms with E-state index in [1.165, 1.54) is 0 Å². The van der Waals surface area contributed by atoms with Crippen LogP contribution in [0.15, 0.2) is 24.3 Å². The maximum Gasteiger partial charge on any atom is 0.258 e. The van der Waals surface area contributed by atoms with E-state index < -0.39 is 0 Å². The van der Waals surface area contributed by atoms with E-state index in [1.54, 1.807) is 19.1 Å². The molecule has 2 rings (SSSR count). The van der Waals surface area contributed by atoms with Gasteiger partial charge in [-0.25, -0.2) is 0 Å². The van der Waals surface area contributed by atoms with Crippen molar-refractivity contribution in [1.29, 1.82) is 0 Å². The van der Waals surface area contributed by atoms with Crippen molar-refractivity contribution in [2.45, 2.75) is 12.8 Å². The summed E-state index contributed by atoms with van der Waals surface area (Å²) in [4.78, 5) is 22.5. The Morgan fingerprint density at radius 1 is 1.23 bits per heavy atom. The van der Waals surface area contributed by atoms with Gasteiger partial charge < -0.3 is 0 Å². The highest BCUT2D eigenvalue weighted by atomic mass is 16.2. The van der Waals surface area contributed by atoms with Crippen LogP contribution < -0.4 is 5.32 Å². The van der Waals surface area contributed by atoms with Crippen molar-refractivity contribution < 1.29 is 9.59 Å². The minimum Gasteiger partial charge on any atom is -0.292 e. The molecule has 0 aliphatic carbocycles. The van der Waals surface area contributed by atoms with Gasteiger partial charge in [0, 0.05) is 5.56 Å². The molecule has 13 heavy (non-hydrogen) atoms. The number of hydrogen-bond donors (Lipinski definition) is 1. The third kappa shape index (κ3) is 1.13. The van der Waals surface area contributed by atoms with Crippen molar-refractivity contribution in [2.75, 3.05) is 0 Å². The molecule has 0 saturated heterocycles. The predicted molar refractivity (Wildman–Crippen MR) is 47.3 cm³/mol. The zero-order valence-corrected chi connectivity index (χ0v) is 7.20. The average molecular weight is 175 g/mol. The van der Waals surface area contributed by atoms with Crippen LogP contribution in [0.1, 0.15) is 28.8 Å². The van der Waals surface area contributed by atoms with Gasteiger partial charge in [-0.3, -0.25) is 14.9 Å². The fourth-order valence-corrected chi connectivity index (χ4v) is 1.51. The molecule has 1 aromatic carbocycles. The molecule has 0 aromatic heterocycles. The number of carbonyl (C=O) groups excluding carboxylic acids is 2. The highest BCUT2D eigenvalue weighted by Gasteiger charge is 2.27. The molecule has 1 atom stereocenters. The Kier molecular flexibility index (Phi) is 1.65. The van der Waals surface area contributed by atoms with Crippen molar-refractivity contribution in [1.82, 2.24) is 5.32 Å². The highest BCUT2D eigenvalue weighted by Crippen LogP contribution is 2.23. The van der Waals surface area contributed by atoms with Crippen molar-refractivity contribution >= 4 is 11.8 Å². The lowest BCUT2D eigenvalue weighted by molar-refractivity contribution is -0.121. The van der Waals surface area contributed by atoms with E-state index in [9.17, 15) is 9.59 Å². The van der Waals surface area contributed by atoms with Crippen molar-refractivity contribution in [3.05, 3.63) is 35.4 Å². The normalized spacial score (nSPS) is 20.8. The number of fused-ring (bicyclic) bond motifs is 1. The summed E-state index contributed by atoms with van der Waals surface area (Å²) in [5.74, 6) is -0.740. The Hall–Kier alpha value is -1.64. The summed E-state index contributed by atoms with van der Waals surface area (Å²) in [6, 6.07) is 7.17. The van der Waals surface area contributed by atoms with Gasteiger partial charge in [0.1, 0.15) is 0 Å². The Labute approximate surface area is 75.8 Å². The van der Waals surface area contributed by atoms with Crippen molar-refractivity contribution in [3.63, 3.8) is 0 Å². The van der Waals surface area contributed by atoms with Crippen molar-refractivity contribution in [2.24, 2.45) is 0 Å². The quantitative estimate of drug-likeness (QED) is 0.599. The summed E-state index contributed by atoms with van der Waals surface area (Å²) < 4.78 is 0. The first kappa shape index (κ1) is 7.98. The van der Waals surface area contributed by atoms with Gasteiger partial charge in [-0.1, -0.05) is 18.2 Å². The maximum atomic E-state index is 11.3. The summed E-state index contributed by atoms with van der Waals surface area (Å²) in [6.45, 7) is 1.79. The van der Waals surface area contributed by atoms with Crippen LogP contribution in [0.25, 0.3) is 0 Å². The topological polar surface area (TPSA) is 46.2 Å². The Morgan fingerprint density at radius 2 is 1.92 bits per heavy atom. The van der Waals surface area contributed by atoms with E-state index in [1.807, 2.05) is 12.1 Å². The third-order valence-corrected chi connectivity index (χ3v) is 2.30. The summed E-state index contributed by atoms with van der Waals surface area (Å²) in [5.41, 5.74) is 1.42. The lowest BCUT2D eigenvalue weighted by Gasteiger charge is -2.20. The smallest absolute Gasteiger partial charge is 0.258 e. The molecule has 1 unspecified atom stereocenters. The van der Waals surface area contributed by atoms with Gasteiger partial charge in [0.05, 0.1) is 5.92 Å². The molecule has 3 heteroatoms. The van der Waals surface area contributed by atoms with Gasteiger partial charge >= 0.3 is 0 Å². The van der Waals surface area contributed by atoms with Gasteiger partial charge in [0.15, 0.2) is 0 Å². The summed E-state index contributed by atoms with van der Waals surface area (Å²) in [7, 11) is 0. The fourth-order valence-electron chi connectivity index (χ4n) is 1.51. The van der Waals surface area contributed by atoms with E-state index in [4.69, 9.17) is 0 Å². The lowest BCUT2D eigenvalue weighted by atomic mass is 9.91. The largest absolute Gasteiger partial charge is 0.292 e. The average Bonchev–Trinajstić information content (AvgIpc) is 2.15. The van der Waals surface area contributed by atoms with E-state index in [2.05, 4.69) is 5.32 Å². The molecule has 0 saturated carbocycles. The molecule has 3 nitrogen and oxygen atoms in total. The van der Waals surface area contributed by atoms with Crippen LogP contribution in [0, 0.1) is 0 Å². The van der Waals surface area contributed by atoms with Gasteiger partial charge in [-0.15, -0.1) is 0 Å². The zero-order valence-electron chi connectivity index (χ0n) is 7.20. The molecule has 2 amide bonds. The van der Waals surface area contributed by atoms with Crippen LogP contribution >= 0.6 is 0 Å². The summed E-state index contributed by atoms with van der Waals surface area (Å²) in [5, 5.41) is 2.31. The van der Waals surface area contributed by atoms with E-state index in [0.29, 0.717) is 5.56 Å². The number of amides is 2. The number of rotatable bonds is 0. The van der Waals surface area contributed by atoms with Gasteiger partial charge in [-0.05, 0) is 18.6 Å². The van der Waals surface area contributed by atoms with Crippen LogP contribution in [-0.2, 0) is 4.79 Å². The molecule has 0 spiro atoms. The number of imide groups is 1. The molecule has 1 aromatic rings. The molecule has 1 aliphatic heterocycles. The first-order chi connectivity index (χ1) is 6.20. The second-order valence-electron chi connectivity index (χ2n) is 3.13. The molecule has 1 heterocycles. The minimum absolute atomic E-state index is 0.219. The van der Waals surface area contributed by atoms with Crippen LogP contribution in [0.4, 0.5) is 0 Å². The summed E-state index contributed by atoms with van der Waals surface area (Å²) in [6.07, 6.45) is 0.